The van der Waals surface area contributed by atoms with Crippen molar-refractivity contribution in [2.75, 3.05) is 10.0 Å². The Hall–Kier alpha value is -3.63. The standard InChI is InChI=1S/C24H22N6O2S2/c1-3-15(2)16-11-13-17(14-12-16)25-23-24(27-19-8-5-4-7-18(19)26-23)30-34(31,32)21-10-6-9-20-22(21)29-33-28-20/h4-15H,3H2,1-2H3,(H,25,26)(H,27,30)/t15-/m0/s1. The van der Waals surface area contributed by atoms with Crippen molar-refractivity contribution < 1.29 is 8.42 Å². The third kappa shape index (κ3) is 4.29. The molecule has 0 aliphatic carbocycles. The van der Waals surface area contributed by atoms with Gasteiger partial charge in [0.2, 0.25) is 0 Å². The third-order valence-corrected chi connectivity index (χ3v) is 7.61. The molecule has 0 amide bonds. The van der Waals surface area contributed by atoms with Gasteiger partial charge in [-0.1, -0.05) is 44.2 Å². The van der Waals surface area contributed by atoms with Gasteiger partial charge in [0, 0.05) is 5.69 Å². The summed E-state index contributed by atoms with van der Waals surface area (Å²) in [6.07, 6.45) is 1.05. The van der Waals surface area contributed by atoms with Crippen LogP contribution in [0.25, 0.3) is 22.1 Å². The fraction of sp³-hybridized carbons (Fsp3) is 0.167. The second-order valence-corrected chi connectivity index (χ2v) is 10.1. The predicted molar refractivity (Wildman–Crippen MR) is 136 cm³/mol. The number of aromatic nitrogens is 4. The molecule has 3 aromatic carbocycles. The van der Waals surface area contributed by atoms with Crippen LogP contribution in [-0.2, 0) is 10.0 Å². The predicted octanol–water partition coefficient (Wildman–Crippen LogP) is 5.69. The number of benzene rings is 3. The SMILES string of the molecule is CC[C@H](C)c1ccc(Nc2nc3ccccc3nc2NS(=O)(=O)c2cccc3nsnc23)cc1. The van der Waals surface area contributed by atoms with Crippen molar-refractivity contribution in [3.8, 4) is 0 Å². The number of rotatable bonds is 7. The van der Waals surface area contributed by atoms with Crippen LogP contribution in [0.2, 0.25) is 0 Å². The fourth-order valence-corrected chi connectivity index (χ4v) is 5.38. The van der Waals surface area contributed by atoms with Crippen LogP contribution in [0, 0.1) is 0 Å². The van der Waals surface area contributed by atoms with E-state index in [4.69, 9.17) is 0 Å². The van der Waals surface area contributed by atoms with E-state index in [2.05, 4.69) is 54.7 Å². The summed E-state index contributed by atoms with van der Waals surface area (Å²) < 4.78 is 37.6. The van der Waals surface area contributed by atoms with Crippen molar-refractivity contribution in [3.63, 3.8) is 0 Å². The van der Waals surface area contributed by atoms with Crippen LogP contribution < -0.4 is 10.0 Å². The summed E-state index contributed by atoms with van der Waals surface area (Å²) in [4.78, 5) is 9.25. The topological polar surface area (TPSA) is 110 Å². The molecule has 0 fully saturated rings. The smallest absolute Gasteiger partial charge is 0.265 e. The average molecular weight is 491 g/mol. The summed E-state index contributed by atoms with van der Waals surface area (Å²) in [5.74, 6) is 0.867. The third-order valence-electron chi connectivity index (χ3n) is 5.69. The number of nitrogens with zero attached hydrogens (tertiary/aromatic N) is 4. The Morgan fingerprint density at radius 2 is 1.53 bits per heavy atom. The molecule has 0 spiro atoms. The van der Waals surface area contributed by atoms with Gasteiger partial charge in [0.15, 0.2) is 11.6 Å². The van der Waals surface area contributed by atoms with Crippen LogP contribution in [-0.4, -0.2) is 27.1 Å². The zero-order valence-corrected chi connectivity index (χ0v) is 20.2. The van der Waals surface area contributed by atoms with Gasteiger partial charge in [-0.3, -0.25) is 4.72 Å². The first kappa shape index (κ1) is 22.2. The van der Waals surface area contributed by atoms with Crippen molar-refractivity contribution in [2.45, 2.75) is 31.1 Å². The molecule has 34 heavy (non-hydrogen) atoms. The highest BCUT2D eigenvalue weighted by molar-refractivity contribution is 7.93. The molecule has 0 saturated carbocycles. The number of hydrogen-bond acceptors (Lipinski definition) is 8. The van der Waals surface area contributed by atoms with Crippen molar-refractivity contribution >= 4 is 61.1 Å². The highest BCUT2D eigenvalue weighted by Crippen LogP contribution is 2.29. The molecule has 2 N–H and O–H groups in total. The summed E-state index contributed by atoms with van der Waals surface area (Å²) in [5.41, 5.74) is 4.09. The molecular formula is C24H22N6O2S2. The molecule has 0 aliphatic rings. The van der Waals surface area contributed by atoms with Crippen LogP contribution >= 0.6 is 11.7 Å². The molecule has 5 aromatic rings. The highest BCUT2D eigenvalue weighted by Gasteiger charge is 2.23. The van der Waals surface area contributed by atoms with E-state index in [0.29, 0.717) is 33.8 Å². The maximum absolute atomic E-state index is 13.3. The highest BCUT2D eigenvalue weighted by atomic mass is 32.2. The molecule has 2 aromatic heterocycles. The van der Waals surface area contributed by atoms with E-state index < -0.39 is 10.0 Å². The zero-order chi connectivity index (χ0) is 23.7. The Morgan fingerprint density at radius 3 is 2.24 bits per heavy atom. The van der Waals surface area contributed by atoms with Gasteiger partial charge in [-0.25, -0.2) is 18.4 Å². The molecule has 0 bridgehead atoms. The lowest BCUT2D eigenvalue weighted by atomic mass is 9.99. The monoisotopic (exact) mass is 490 g/mol. The van der Waals surface area contributed by atoms with Crippen LogP contribution in [0.3, 0.4) is 0 Å². The zero-order valence-electron chi connectivity index (χ0n) is 18.6. The molecule has 1 atom stereocenters. The van der Waals surface area contributed by atoms with Gasteiger partial charge in [-0.2, -0.15) is 8.75 Å². The van der Waals surface area contributed by atoms with Crippen molar-refractivity contribution in [2.24, 2.45) is 0 Å². The number of para-hydroxylation sites is 2. The number of sulfonamides is 1. The number of nitrogens with one attached hydrogen (secondary N) is 2. The van der Waals surface area contributed by atoms with E-state index in [9.17, 15) is 8.42 Å². The van der Waals surface area contributed by atoms with Gasteiger partial charge in [0.05, 0.1) is 22.8 Å². The molecule has 2 heterocycles. The first-order chi connectivity index (χ1) is 16.4. The van der Waals surface area contributed by atoms with Gasteiger partial charge < -0.3 is 5.32 Å². The molecule has 0 aliphatic heterocycles. The molecular weight excluding hydrogens is 468 g/mol. The summed E-state index contributed by atoms with van der Waals surface area (Å²) >= 11 is 0.968. The maximum atomic E-state index is 13.3. The Morgan fingerprint density at radius 1 is 0.853 bits per heavy atom. The van der Waals surface area contributed by atoms with Crippen LogP contribution in [0.15, 0.2) is 71.6 Å². The maximum Gasteiger partial charge on any atom is 0.265 e. The summed E-state index contributed by atoms with van der Waals surface area (Å²) in [6.45, 7) is 4.34. The van der Waals surface area contributed by atoms with Crippen LogP contribution in [0.1, 0.15) is 31.7 Å². The van der Waals surface area contributed by atoms with E-state index >= 15 is 0 Å². The lowest BCUT2D eigenvalue weighted by molar-refractivity contribution is 0.602. The molecule has 8 nitrogen and oxygen atoms in total. The quantitative estimate of drug-likeness (QED) is 0.301. The molecule has 10 heteroatoms. The van der Waals surface area contributed by atoms with E-state index in [-0.39, 0.29) is 10.7 Å². The van der Waals surface area contributed by atoms with E-state index in [1.165, 1.54) is 11.6 Å². The second kappa shape index (κ2) is 8.96. The molecule has 0 saturated heterocycles. The van der Waals surface area contributed by atoms with Gasteiger partial charge in [0.1, 0.15) is 15.9 Å². The minimum absolute atomic E-state index is 0.0394. The lowest BCUT2D eigenvalue weighted by Crippen LogP contribution is -2.16. The van der Waals surface area contributed by atoms with Gasteiger partial charge in [-0.05, 0) is 54.3 Å². The van der Waals surface area contributed by atoms with E-state index in [1.807, 2.05) is 30.3 Å². The van der Waals surface area contributed by atoms with Crippen molar-refractivity contribution in [1.29, 1.82) is 0 Å². The molecule has 5 rings (SSSR count). The number of fused-ring (bicyclic) bond motifs is 2. The van der Waals surface area contributed by atoms with Crippen molar-refractivity contribution in [3.05, 3.63) is 72.3 Å². The van der Waals surface area contributed by atoms with Crippen LogP contribution in [0.5, 0.6) is 0 Å². The van der Waals surface area contributed by atoms with E-state index in [0.717, 1.165) is 23.8 Å². The molecule has 0 radical (unpaired) electrons. The Bertz CT molecular complexity index is 1580. The number of hydrogen-bond donors (Lipinski definition) is 2. The first-order valence-electron chi connectivity index (χ1n) is 10.8. The fourth-order valence-electron chi connectivity index (χ4n) is 3.61. The van der Waals surface area contributed by atoms with Crippen LogP contribution in [0.4, 0.5) is 17.3 Å². The van der Waals surface area contributed by atoms with Gasteiger partial charge in [-0.15, -0.1) is 0 Å². The van der Waals surface area contributed by atoms with E-state index in [1.54, 1.807) is 18.2 Å². The van der Waals surface area contributed by atoms with Gasteiger partial charge in [0.25, 0.3) is 10.0 Å². The number of anilines is 3. The minimum atomic E-state index is -4.00. The second-order valence-electron chi connectivity index (χ2n) is 7.96. The normalized spacial score (nSPS) is 12.6. The Kier molecular flexibility index (Phi) is 5.84. The average Bonchev–Trinajstić information content (AvgIpc) is 3.33. The first-order valence-corrected chi connectivity index (χ1v) is 13.0. The van der Waals surface area contributed by atoms with Gasteiger partial charge >= 0.3 is 0 Å². The largest absolute Gasteiger partial charge is 0.337 e. The summed E-state index contributed by atoms with van der Waals surface area (Å²) in [6, 6.07) is 20.2. The molecule has 0 unspecified atom stereocenters. The Balaban J connectivity index is 1.55. The molecule has 172 valence electrons. The summed E-state index contributed by atoms with van der Waals surface area (Å²) in [7, 11) is -4.00. The van der Waals surface area contributed by atoms with Crippen molar-refractivity contribution in [1.82, 2.24) is 18.7 Å². The Labute approximate surface area is 201 Å². The minimum Gasteiger partial charge on any atom is -0.337 e. The lowest BCUT2D eigenvalue weighted by Gasteiger charge is -2.15. The summed E-state index contributed by atoms with van der Waals surface area (Å²) in [5, 5.41) is 3.23.